The lowest BCUT2D eigenvalue weighted by Crippen LogP contribution is -2.44. The summed E-state index contributed by atoms with van der Waals surface area (Å²) in [4.78, 5) is 14.2. The first-order valence-electron chi connectivity index (χ1n) is 6.36. The largest absolute Gasteiger partial charge is 0.375 e. The van der Waals surface area contributed by atoms with Crippen molar-refractivity contribution in [3.8, 4) is 0 Å². The summed E-state index contributed by atoms with van der Waals surface area (Å²) in [6.07, 6.45) is 1.75. The van der Waals surface area contributed by atoms with E-state index in [1.807, 2.05) is 36.1 Å². The van der Waals surface area contributed by atoms with Crippen molar-refractivity contribution in [2.24, 2.45) is 0 Å². The second kappa shape index (κ2) is 6.30. The number of nitrogens with zero attached hydrogens (tertiary/aromatic N) is 1. The van der Waals surface area contributed by atoms with Crippen molar-refractivity contribution in [1.82, 2.24) is 4.90 Å². The summed E-state index contributed by atoms with van der Waals surface area (Å²) in [6, 6.07) is 7.40. The molecule has 4 nitrogen and oxygen atoms in total. The van der Waals surface area contributed by atoms with Crippen molar-refractivity contribution in [3.63, 3.8) is 0 Å². The molecular formula is C14H19NO3S. The molecule has 2 rings (SSSR count). The summed E-state index contributed by atoms with van der Waals surface area (Å²) in [5.74, 6) is 0.513. The van der Waals surface area contributed by atoms with Gasteiger partial charge in [-0.15, -0.1) is 0 Å². The van der Waals surface area contributed by atoms with E-state index in [9.17, 15) is 9.00 Å². The third-order valence-electron chi connectivity index (χ3n) is 3.07. The maximum Gasteiger partial charge on any atom is 0.254 e. The molecule has 0 aliphatic carbocycles. The van der Waals surface area contributed by atoms with Crippen LogP contribution in [0.25, 0.3) is 0 Å². The molecule has 0 spiro atoms. The topological polar surface area (TPSA) is 46.6 Å². The van der Waals surface area contributed by atoms with Crippen LogP contribution in [-0.4, -0.2) is 47.1 Å². The molecule has 1 amide bonds. The number of carbonyl (C=O) groups excluding carboxylic acids is 1. The lowest BCUT2D eigenvalue weighted by molar-refractivity contribution is -0.0124. The molecule has 1 fully saturated rings. The third kappa shape index (κ3) is 3.88. The quantitative estimate of drug-likeness (QED) is 0.842. The predicted octanol–water partition coefficient (Wildman–Crippen LogP) is 1.43. The number of amides is 1. The van der Waals surface area contributed by atoms with Crippen LogP contribution < -0.4 is 0 Å². The first kappa shape index (κ1) is 14.2. The summed E-state index contributed by atoms with van der Waals surface area (Å²) in [6.45, 7) is 3.82. The molecule has 19 heavy (non-hydrogen) atoms. The van der Waals surface area contributed by atoms with Crippen LogP contribution in [0, 0.1) is 0 Å². The molecule has 1 aromatic carbocycles. The molecule has 0 saturated carbocycles. The second-order valence-corrected chi connectivity index (χ2v) is 6.29. The molecule has 0 radical (unpaired) electrons. The van der Waals surface area contributed by atoms with Crippen LogP contribution in [0.5, 0.6) is 0 Å². The maximum atomic E-state index is 12.4. The summed E-state index contributed by atoms with van der Waals surface area (Å²) in [5, 5.41) is 0. The van der Waals surface area contributed by atoms with Crippen molar-refractivity contribution < 1.29 is 13.7 Å². The van der Waals surface area contributed by atoms with Crippen LogP contribution in [0.3, 0.4) is 0 Å². The van der Waals surface area contributed by atoms with E-state index >= 15 is 0 Å². The summed E-state index contributed by atoms with van der Waals surface area (Å²) in [5.41, 5.74) is 1.60. The van der Waals surface area contributed by atoms with Crippen molar-refractivity contribution in [2.45, 2.75) is 18.8 Å². The van der Waals surface area contributed by atoms with Crippen molar-refractivity contribution in [1.29, 1.82) is 0 Å². The van der Waals surface area contributed by atoms with Crippen LogP contribution in [0.4, 0.5) is 0 Å². The highest BCUT2D eigenvalue weighted by molar-refractivity contribution is 7.83. The van der Waals surface area contributed by atoms with Gasteiger partial charge in [0.1, 0.15) is 0 Å². The van der Waals surface area contributed by atoms with Gasteiger partial charge in [0.15, 0.2) is 0 Å². The number of carbonyl (C=O) groups is 1. The highest BCUT2D eigenvalue weighted by Crippen LogP contribution is 2.13. The summed E-state index contributed by atoms with van der Waals surface area (Å²) in [7, 11) is -0.893. The van der Waals surface area contributed by atoms with Gasteiger partial charge >= 0.3 is 0 Å². The highest BCUT2D eigenvalue weighted by Gasteiger charge is 2.22. The van der Waals surface area contributed by atoms with Crippen molar-refractivity contribution >= 4 is 16.7 Å². The van der Waals surface area contributed by atoms with E-state index in [1.54, 1.807) is 6.26 Å². The fraction of sp³-hybridized carbons (Fsp3) is 0.500. The minimum Gasteiger partial charge on any atom is -0.375 e. The van der Waals surface area contributed by atoms with E-state index in [-0.39, 0.29) is 12.0 Å². The average molecular weight is 281 g/mol. The molecule has 0 bridgehead atoms. The van der Waals surface area contributed by atoms with E-state index < -0.39 is 10.8 Å². The van der Waals surface area contributed by atoms with Crippen LogP contribution in [0.2, 0.25) is 0 Å². The maximum absolute atomic E-state index is 12.4. The molecule has 1 heterocycles. The lowest BCUT2D eigenvalue weighted by atomic mass is 10.1. The zero-order valence-corrected chi connectivity index (χ0v) is 12.1. The number of ether oxygens (including phenoxy) is 1. The molecular weight excluding hydrogens is 262 g/mol. The Hall–Kier alpha value is -1.20. The van der Waals surface area contributed by atoms with Gasteiger partial charge in [-0.05, 0) is 24.6 Å². The molecule has 2 atom stereocenters. The molecule has 2 unspecified atom stereocenters. The van der Waals surface area contributed by atoms with Gasteiger partial charge in [0.05, 0.1) is 12.7 Å². The Kier molecular flexibility index (Phi) is 4.71. The molecule has 1 saturated heterocycles. The SMILES string of the molecule is CC1CN(C(=O)c2cccc(CS(C)=O)c2)CCO1. The first-order valence-corrected chi connectivity index (χ1v) is 8.09. The summed E-state index contributed by atoms with van der Waals surface area (Å²) >= 11 is 0. The lowest BCUT2D eigenvalue weighted by Gasteiger charge is -2.31. The Morgan fingerprint density at radius 1 is 1.53 bits per heavy atom. The number of morpholine rings is 1. The van der Waals surface area contributed by atoms with Gasteiger partial charge in [-0.2, -0.15) is 0 Å². The monoisotopic (exact) mass is 281 g/mol. The van der Waals surface area contributed by atoms with E-state index in [4.69, 9.17) is 4.74 Å². The van der Waals surface area contributed by atoms with Gasteiger partial charge < -0.3 is 9.64 Å². The Bertz CT molecular complexity index is 489. The molecule has 1 aliphatic rings. The Morgan fingerprint density at radius 3 is 3.00 bits per heavy atom. The fourth-order valence-electron chi connectivity index (χ4n) is 2.21. The standard InChI is InChI=1S/C14H19NO3S/c1-11-9-15(6-7-18-11)14(16)13-5-3-4-12(8-13)10-19(2)17/h3-5,8,11H,6-7,9-10H2,1-2H3. The van der Waals surface area contributed by atoms with Crippen molar-refractivity contribution in [2.75, 3.05) is 26.0 Å². The number of hydrogen-bond donors (Lipinski definition) is 0. The minimum atomic E-state index is -0.893. The fourth-order valence-corrected chi connectivity index (χ4v) is 2.86. The first-order chi connectivity index (χ1) is 9.06. The zero-order chi connectivity index (χ0) is 13.8. The van der Waals surface area contributed by atoms with Crippen LogP contribution in [-0.2, 0) is 21.3 Å². The van der Waals surface area contributed by atoms with E-state index in [2.05, 4.69) is 0 Å². The molecule has 104 valence electrons. The van der Waals surface area contributed by atoms with Crippen LogP contribution >= 0.6 is 0 Å². The van der Waals surface area contributed by atoms with Gasteiger partial charge in [0, 0.05) is 41.5 Å². The van der Waals surface area contributed by atoms with Gasteiger partial charge in [-0.1, -0.05) is 12.1 Å². The van der Waals surface area contributed by atoms with Gasteiger partial charge in [0.25, 0.3) is 5.91 Å². The van der Waals surface area contributed by atoms with Crippen molar-refractivity contribution in [3.05, 3.63) is 35.4 Å². The third-order valence-corrected chi connectivity index (χ3v) is 3.81. The number of benzene rings is 1. The second-order valence-electron chi connectivity index (χ2n) is 4.85. The Balaban J connectivity index is 2.12. The van der Waals surface area contributed by atoms with Gasteiger partial charge in [0.2, 0.25) is 0 Å². The molecule has 1 aliphatic heterocycles. The number of rotatable bonds is 3. The summed E-state index contributed by atoms with van der Waals surface area (Å²) < 4.78 is 16.7. The molecule has 0 aromatic heterocycles. The Morgan fingerprint density at radius 2 is 2.32 bits per heavy atom. The molecule has 5 heteroatoms. The van der Waals surface area contributed by atoms with Gasteiger partial charge in [-0.25, -0.2) is 0 Å². The van der Waals surface area contributed by atoms with Crippen LogP contribution in [0.15, 0.2) is 24.3 Å². The highest BCUT2D eigenvalue weighted by atomic mass is 32.2. The molecule has 1 aromatic rings. The van der Waals surface area contributed by atoms with Crippen LogP contribution in [0.1, 0.15) is 22.8 Å². The predicted molar refractivity (Wildman–Crippen MR) is 75.5 cm³/mol. The Labute approximate surface area is 116 Å². The minimum absolute atomic E-state index is 0.0267. The van der Waals surface area contributed by atoms with E-state index in [0.717, 1.165) is 5.56 Å². The molecule has 0 N–H and O–H groups in total. The average Bonchev–Trinajstić information content (AvgIpc) is 2.37. The number of hydrogen-bond acceptors (Lipinski definition) is 3. The zero-order valence-electron chi connectivity index (χ0n) is 11.3. The van der Waals surface area contributed by atoms with Gasteiger partial charge in [-0.3, -0.25) is 9.00 Å². The van der Waals surface area contributed by atoms with E-state index in [0.29, 0.717) is 31.0 Å². The smallest absolute Gasteiger partial charge is 0.254 e. The normalized spacial score (nSPS) is 21.2. The van der Waals surface area contributed by atoms with E-state index in [1.165, 1.54) is 0 Å².